The van der Waals surface area contributed by atoms with Crippen molar-refractivity contribution >= 4 is 38.9 Å². The third-order valence-corrected chi connectivity index (χ3v) is 8.32. The highest BCUT2D eigenvalue weighted by Gasteiger charge is 2.23. The van der Waals surface area contributed by atoms with E-state index in [1.54, 1.807) is 24.3 Å². The van der Waals surface area contributed by atoms with E-state index in [-0.39, 0.29) is 29.5 Å². The van der Waals surface area contributed by atoms with Crippen LogP contribution in [0.15, 0.2) is 77.7 Å². The van der Waals surface area contributed by atoms with E-state index in [9.17, 15) is 27.9 Å². The van der Waals surface area contributed by atoms with Gasteiger partial charge in [-0.25, -0.2) is 8.42 Å². The number of rotatable bonds is 11. The molecule has 1 unspecified atom stereocenters. The van der Waals surface area contributed by atoms with Crippen molar-refractivity contribution in [3.05, 3.63) is 95.1 Å². The van der Waals surface area contributed by atoms with Gasteiger partial charge in [-0.1, -0.05) is 42.5 Å². The Balaban J connectivity index is 1.58. The van der Waals surface area contributed by atoms with Crippen LogP contribution < -0.4 is 10.6 Å². The fourth-order valence-corrected chi connectivity index (χ4v) is 5.71. The van der Waals surface area contributed by atoms with Gasteiger partial charge in [-0.3, -0.25) is 14.4 Å². The van der Waals surface area contributed by atoms with Crippen LogP contribution >= 0.6 is 0 Å². The van der Waals surface area contributed by atoms with Crippen molar-refractivity contribution < 1.29 is 33.0 Å². The van der Waals surface area contributed by atoms with E-state index in [0.717, 1.165) is 42.2 Å². The molecule has 0 saturated carbocycles. The molecule has 1 atom stereocenters. The number of aliphatic carboxylic acids is 1. The van der Waals surface area contributed by atoms with Crippen molar-refractivity contribution in [1.29, 1.82) is 0 Å². The molecule has 220 valence electrons. The summed E-state index contributed by atoms with van der Waals surface area (Å²) in [6.07, 6.45) is 7.76. The first kappa shape index (κ1) is 30.5. The number of phenolic OH excluding ortho intramolecular Hbond substituents is 1. The first-order valence-corrected chi connectivity index (χ1v) is 15.6. The summed E-state index contributed by atoms with van der Waals surface area (Å²) < 4.78 is 24.2. The van der Waals surface area contributed by atoms with Gasteiger partial charge < -0.3 is 20.8 Å². The van der Waals surface area contributed by atoms with Crippen LogP contribution in [0.2, 0.25) is 0 Å². The topological polar surface area (TPSA) is 150 Å². The molecule has 0 radical (unpaired) electrons. The molecule has 4 rings (SSSR count). The van der Waals surface area contributed by atoms with Crippen molar-refractivity contribution in [3.8, 4) is 5.75 Å². The van der Waals surface area contributed by atoms with Crippen LogP contribution in [0, 0.1) is 0 Å². The summed E-state index contributed by atoms with van der Waals surface area (Å²) in [6.45, 7) is 0.0172. The van der Waals surface area contributed by atoms with E-state index in [4.69, 9.17) is 5.11 Å². The van der Waals surface area contributed by atoms with Gasteiger partial charge in [-0.2, -0.15) is 0 Å². The zero-order valence-corrected chi connectivity index (χ0v) is 24.1. The quantitative estimate of drug-likeness (QED) is 0.232. The maximum Gasteiger partial charge on any atom is 0.305 e. The van der Waals surface area contributed by atoms with Crippen LogP contribution in [-0.2, 0) is 25.8 Å². The maximum atomic E-state index is 13.7. The molecule has 0 aromatic heterocycles. The lowest BCUT2D eigenvalue weighted by atomic mass is 9.88. The molecule has 0 aliphatic heterocycles. The van der Waals surface area contributed by atoms with Crippen LogP contribution in [-0.4, -0.2) is 49.2 Å². The molecule has 9 nitrogen and oxygen atoms in total. The number of carbonyl (C=O) groups excluding carboxylic acids is 2. The second kappa shape index (κ2) is 13.5. The van der Waals surface area contributed by atoms with Gasteiger partial charge in [0.2, 0.25) is 5.91 Å². The molecule has 42 heavy (non-hydrogen) atoms. The van der Waals surface area contributed by atoms with Gasteiger partial charge in [0.05, 0.1) is 12.3 Å². The summed E-state index contributed by atoms with van der Waals surface area (Å²) in [5.74, 6) is -2.80. The highest BCUT2D eigenvalue weighted by atomic mass is 32.2. The van der Waals surface area contributed by atoms with Gasteiger partial charge in [-0.15, -0.1) is 0 Å². The summed E-state index contributed by atoms with van der Waals surface area (Å²) in [5, 5.41) is 24.1. The lowest BCUT2D eigenvalue weighted by Gasteiger charge is -2.19. The van der Waals surface area contributed by atoms with E-state index in [1.807, 2.05) is 24.3 Å². The summed E-state index contributed by atoms with van der Waals surface area (Å²) in [5.41, 5.74) is 4.58. The molecule has 4 N–H and O–H groups in total. The minimum absolute atomic E-state index is 0.0172. The average molecular weight is 591 g/mol. The number of carbonyl (C=O) groups is 3. The molecule has 1 aliphatic rings. The molecular formula is C32H34N2O7S. The van der Waals surface area contributed by atoms with Gasteiger partial charge in [0.25, 0.3) is 5.91 Å². The van der Waals surface area contributed by atoms with E-state index >= 15 is 0 Å². The zero-order valence-electron chi connectivity index (χ0n) is 23.3. The summed E-state index contributed by atoms with van der Waals surface area (Å²) in [4.78, 5) is 36.4. The van der Waals surface area contributed by atoms with Crippen molar-refractivity contribution in [1.82, 2.24) is 5.32 Å². The molecule has 0 spiro atoms. The SMILES string of the molecule is CS(=O)(=O)c1cc(NC(=O)C(Cc2ccc(C(=O)NCCC(=O)O)cc2)c2ccc(C3=CCCCC3)cc2)ccc1O. The summed E-state index contributed by atoms with van der Waals surface area (Å²) in [6, 6.07) is 18.5. The Morgan fingerprint density at radius 3 is 2.29 bits per heavy atom. The van der Waals surface area contributed by atoms with E-state index in [0.29, 0.717) is 12.0 Å². The smallest absolute Gasteiger partial charge is 0.305 e. The Labute approximate surface area is 245 Å². The molecule has 3 aromatic rings. The van der Waals surface area contributed by atoms with Gasteiger partial charge in [0.1, 0.15) is 10.6 Å². The standard InChI is InChI=1S/C32H34N2O7S/c1-42(40,41)29-20-26(15-16-28(29)35)34-32(39)27(24-13-11-23(12-14-24)22-5-3-2-4-6-22)19-21-7-9-25(10-8-21)31(38)33-18-17-30(36)37/h5,7-16,20,27,35H,2-4,6,17-19H2,1H3,(H,33,38)(H,34,39)(H,36,37). The van der Waals surface area contributed by atoms with Crippen molar-refractivity contribution in [2.24, 2.45) is 0 Å². The van der Waals surface area contributed by atoms with Crippen LogP contribution in [0.3, 0.4) is 0 Å². The summed E-state index contributed by atoms with van der Waals surface area (Å²) >= 11 is 0. The lowest BCUT2D eigenvalue weighted by Crippen LogP contribution is -2.26. The number of hydrogen-bond donors (Lipinski definition) is 4. The Hall–Kier alpha value is -4.44. The second-order valence-electron chi connectivity index (χ2n) is 10.4. The number of allylic oxidation sites excluding steroid dienone is 2. The molecule has 1 aliphatic carbocycles. The van der Waals surface area contributed by atoms with E-state index in [1.165, 1.54) is 30.2 Å². The first-order chi connectivity index (χ1) is 20.0. The largest absolute Gasteiger partial charge is 0.507 e. The predicted molar refractivity (Wildman–Crippen MR) is 160 cm³/mol. The normalized spacial score (nSPS) is 14.0. The maximum absolute atomic E-state index is 13.7. The number of carboxylic acid groups (broad SMARTS) is 1. The van der Waals surface area contributed by atoms with Crippen molar-refractivity contribution in [2.45, 2.75) is 49.3 Å². The Morgan fingerprint density at radius 1 is 0.952 bits per heavy atom. The molecular weight excluding hydrogens is 556 g/mol. The van der Waals surface area contributed by atoms with Gasteiger partial charge in [0, 0.05) is 24.1 Å². The lowest BCUT2D eigenvalue weighted by molar-refractivity contribution is -0.136. The van der Waals surface area contributed by atoms with Gasteiger partial charge in [-0.05, 0) is 84.7 Å². The first-order valence-electron chi connectivity index (χ1n) is 13.7. The number of phenols is 1. The third kappa shape index (κ3) is 8.07. The minimum atomic E-state index is -3.72. The van der Waals surface area contributed by atoms with Crippen LogP contribution in [0.5, 0.6) is 5.75 Å². The zero-order chi connectivity index (χ0) is 30.3. The number of nitrogens with one attached hydrogen (secondary N) is 2. The van der Waals surface area contributed by atoms with E-state index < -0.39 is 33.4 Å². The fraction of sp³-hybridized carbons (Fsp3) is 0.281. The third-order valence-electron chi connectivity index (χ3n) is 7.20. The fourth-order valence-electron chi connectivity index (χ4n) is 4.92. The minimum Gasteiger partial charge on any atom is -0.507 e. The number of hydrogen-bond acceptors (Lipinski definition) is 6. The highest BCUT2D eigenvalue weighted by molar-refractivity contribution is 7.90. The molecule has 3 aromatic carbocycles. The number of benzene rings is 3. The van der Waals surface area contributed by atoms with Gasteiger partial charge >= 0.3 is 5.97 Å². The highest BCUT2D eigenvalue weighted by Crippen LogP contribution is 2.31. The van der Waals surface area contributed by atoms with Crippen LogP contribution in [0.25, 0.3) is 5.57 Å². The Morgan fingerprint density at radius 2 is 1.67 bits per heavy atom. The Bertz CT molecular complexity index is 1590. The van der Waals surface area contributed by atoms with Gasteiger partial charge in [0.15, 0.2) is 9.84 Å². The number of sulfone groups is 1. The molecule has 0 fully saturated rings. The molecule has 0 bridgehead atoms. The number of amides is 2. The molecule has 10 heteroatoms. The summed E-state index contributed by atoms with van der Waals surface area (Å²) in [7, 11) is -3.72. The number of anilines is 1. The number of carboxylic acids is 1. The van der Waals surface area contributed by atoms with Crippen LogP contribution in [0.4, 0.5) is 5.69 Å². The predicted octanol–water partition coefficient (Wildman–Crippen LogP) is 4.92. The second-order valence-corrected chi connectivity index (χ2v) is 12.4. The van der Waals surface area contributed by atoms with Crippen molar-refractivity contribution in [2.75, 3.05) is 18.1 Å². The average Bonchev–Trinajstić information content (AvgIpc) is 2.97. The monoisotopic (exact) mass is 590 g/mol. The number of aromatic hydroxyl groups is 1. The molecule has 0 saturated heterocycles. The van der Waals surface area contributed by atoms with E-state index in [2.05, 4.69) is 16.7 Å². The van der Waals surface area contributed by atoms with Crippen molar-refractivity contribution in [3.63, 3.8) is 0 Å². The molecule has 2 amide bonds. The van der Waals surface area contributed by atoms with Crippen LogP contribution in [0.1, 0.15) is 65.1 Å². The molecule has 0 heterocycles. The Kier molecular flexibility index (Phi) is 9.80.